The highest BCUT2D eigenvalue weighted by molar-refractivity contribution is 7.98. The lowest BCUT2D eigenvalue weighted by Crippen LogP contribution is -2.48. The minimum Gasteiger partial charge on any atom is -0.459 e. The fraction of sp³-hybridized carbons (Fsp3) is 0.350. The van der Waals surface area contributed by atoms with Gasteiger partial charge in [0.2, 0.25) is 11.8 Å². The molecule has 1 atom stereocenters. The van der Waals surface area contributed by atoms with E-state index in [2.05, 4.69) is 16.0 Å². The maximum absolute atomic E-state index is 12.5. The summed E-state index contributed by atoms with van der Waals surface area (Å²) in [7, 11) is 0. The molecule has 0 radical (unpaired) electrons. The van der Waals surface area contributed by atoms with Gasteiger partial charge in [-0.05, 0) is 55.5 Å². The first kappa shape index (κ1) is 21.6. The summed E-state index contributed by atoms with van der Waals surface area (Å²) in [5.74, 6) is -0.385. The van der Waals surface area contributed by atoms with Crippen molar-refractivity contribution < 1.29 is 18.8 Å². The zero-order valence-corrected chi connectivity index (χ0v) is 17.0. The van der Waals surface area contributed by atoms with Gasteiger partial charge in [-0.1, -0.05) is 18.2 Å². The number of hydrogen-bond donors (Lipinski definition) is 3. The second kappa shape index (κ2) is 10.6. The predicted octanol–water partition coefficient (Wildman–Crippen LogP) is 2.50. The number of para-hydroxylation sites is 1. The summed E-state index contributed by atoms with van der Waals surface area (Å²) in [5, 5.41) is 8.07. The number of thioether (sulfide) groups is 1. The van der Waals surface area contributed by atoms with Crippen LogP contribution in [0.1, 0.15) is 28.1 Å². The summed E-state index contributed by atoms with van der Waals surface area (Å²) in [4.78, 5) is 36.9. The second-order valence-electron chi connectivity index (χ2n) is 6.32. The highest BCUT2D eigenvalue weighted by atomic mass is 32.2. The van der Waals surface area contributed by atoms with E-state index in [4.69, 9.17) is 4.42 Å². The number of carbonyl (C=O) groups is 3. The van der Waals surface area contributed by atoms with E-state index in [0.717, 1.165) is 16.8 Å². The van der Waals surface area contributed by atoms with Gasteiger partial charge < -0.3 is 20.4 Å². The number of amides is 3. The van der Waals surface area contributed by atoms with Crippen molar-refractivity contribution >= 4 is 35.2 Å². The Morgan fingerprint density at radius 3 is 2.43 bits per heavy atom. The molecule has 3 amide bonds. The van der Waals surface area contributed by atoms with Crippen LogP contribution in [0.3, 0.4) is 0 Å². The Morgan fingerprint density at radius 2 is 1.82 bits per heavy atom. The molecule has 150 valence electrons. The lowest BCUT2D eigenvalue weighted by molar-refractivity contribution is -0.125. The van der Waals surface area contributed by atoms with Gasteiger partial charge in [0.05, 0.1) is 12.8 Å². The first-order chi connectivity index (χ1) is 13.4. The minimum atomic E-state index is -0.752. The molecule has 0 bridgehead atoms. The highest BCUT2D eigenvalue weighted by Crippen LogP contribution is 2.19. The molecular formula is C20H25N3O4S. The summed E-state index contributed by atoms with van der Waals surface area (Å²) < 4.78 is 5.05. The lowest BCUT2D eigenvalue weighted by atomic mass is 10.1. The van der Waals surface area contributed by atoms with Crippen LogP contribution in [0, 0.1) is 13.8 Å². The largest absolute Gasteiger partial charge is 0.459 e. The molecule has 1 aromatic carbocycles. The van der Waals surface area contributed by atoms with E-state index < -0.39 is 17.9 Å². The Morgan fingerprint density at radius 1 is 1.11 bits per heavy atom. The van der Waals surface area contributed by atoms with E-state index in [1.807, 2.05) is 38.3 Å². The average Bonchev–Trinajstić information content (AvgIpc) is 3.21. The number of aryl methyl sites for hydroxylation is 2. The third-order valence-corrected chi connectivity index (χ3v) is 4.79. The fourth-order valence-electron chi connectivity index (χ4n) is 2.63. The van der Waals surface area contributed by atoms with E-state index in [9.17, 15) is 14.4 Å². The molecule has 1 heterocycles. The van der Waals surface area contributed by atoms with Crippen LogP contribution >= 0.6 is 11.8 Å². The topological polar surface area (TPSA) is 100 Å². The van der Waals surface area contributed by atoms with Gasteiger partial charge >= 0.3 is 0 Å². The number of carbonyl (C=O) groups excluding carboxylic acids is 3. The van der Waals surface area contributed by atoms with Crippen LogP contribution in [0.2, 0.25) is 0 Å². The summed E-state index contributed by atoms with van der Waals surface area (Å²) in [6.45, 7) is 3.63. The zero-order chi connectivity index (χ0) is 20.5. The molecule has 0 aliphatic rings. The van der Waals surface area contributed by atoms with Gasteiger partial charge in [0.25, 0.3) is 5.91 Å². The Labute approximate surface area is 168 Å². The van der Waals surface area contributed by atoms with Gasteiger partial charge in [0.1, 0.15) is 6.04 Å². The summed E-state index contributed by atoms with van der Waals surface area (Å²) in [6.07, 6.45) is 3.75. The van der Waals surface area contributed by atoms with Crippen LogP contribution in [-0.2, 0) is 9.59 Å². The molecule has 1 aromatic heterocycles. The molecule has 0 saturated carbocycles. The van der Waals surface area contributed by atoms with E-state index in [-0.39, 0.29) is 18.2 Å². The van der Waals surface area contributed by atoms with Crippen LogP contribution in [-0.4, -0.2) is 42.3 Å². The standard InChI is InChI=1S/C20H25N3O4S/c1-13-6-4-7-14(2)18(13)23-17(24)12-21-19(25)15(9-11-28-3)22-20(26)16-8-5-10-27-16/h4-8,10,15H,9,11-12H2,1-3H3,(H,21,25)(H,22,26)(H,23,24)/t15-/m1/s1. The van der Waals surface area contributed by atoms with Gasteiger partial charge in [-0.2, -0.15) is 11.8 Å². The Balaban J connectivity index is 1.92. The summed E-state index contributed by atoms with van der Waals surface area (Å²) >= 11 is 1.57. The lowest BCUT2D eigenvalue weighted by Gasteiger charge is -2.18. The van der Waals surface area contributed by atoms with E-state index >= 15 is 0 Å². The van der Waals surface area contributed by atoms with Crippen LogP contribution < -0.4 is 16.0 Å². The fourth-order valence-corrected chi connectivity index (χ4v) is 3.10. The third kappa shape index (κ3) is 6.16. The van der Waals surface area contributed by atoms with Gasteiger partial charge in [0.15, 0.2) is 5.76 Å². The SMILES string of the molecule is CSCC[C@@H](NC(=O)c1ccco1)C(=O)NCC(=O)Nc1c(C)cccc1C. The van der Waals surface area contributed by atoms with Crippen LogP contribution in [0.25, 0.3) is 0 Å². The normalized spacial score (nSPS) is 11.5. The Kier molecular flexibility index (Phi) is 8.13. The Hall–Kier alpha value is -2.74. The first-order valence-corrected chi connectivity index (χ1v) is 10.3. The number of anilines is 1. The van der Waals surface area contributed by atoms with Crippen LogP contribution in [0.4, 0.5) is 5.69 Å². The molecule has 28 heavy (non-hydrogen) atoms. The molecule has 0 saturated heterocycles. The molecule has 8 heteroatoms. The van der Waals surface area contributed by atoms with Crippen molar-refractivity contribution in [3.05, 3.63) is 53.5 Å². The number of rotatable bonds is 9. The van der Waals surface area contributed by atoms with Crippen molar-refractivity contribution in [2.24, 2.45) is 0 Å². The zero-order valence-electron chi connectivity index (χ0n) is 16.2. The third-order valence-electron chi connectivity index (χ3n) is 4.15. The van der Waals surface area contributed by atoms with E-state index in [0.29, 0.717) is 12.2 Å². The first-order valence-electron chi connectivity index (χ1n) is 8.89. The van der Waals surface area contributed by atoms with E-state index in [1.54, 1.807) is 17.8 Å². The molecule has 0 aliphatic carbocycles. The van der Waals surface area contributed by atoms with Gasteiger partial charge in [-0.3, -0.25) is 14.4 Å². The number of furan rings is 1. The van der Waals surface area contributed by atoms with Gasteiger partial charge in [-0.15, -0.1) is 0 Å². The quantitative estimate of drug-likeness (QED) is 0.597. The van der Waals surface area contributed by atoms with Crippen LogP contribution in [0.15, 0.2) is 41.0 Å². The average molecular weight is 404 g/mol. The van der Waals surface area contributed by atoms with Crippen molar-refractivity contribution in [1.29, 1.82) is 0 Å². The molecular weight excluding hydrogens is 378 g/mol. The monoisotopic (exact) mass is 403 g/mol. The van der Waals surface area contributed by atoms with Gasteiger partial charge in [-0.25, -0.2) is 0 Å². The molecule has 3 N–H and O–H groups in total. The molecule has 0 aliphatic heterocycles. The molecule has 0 unspecified atom stereocenters. The summed E-state index contributed by atoms with van der Waals surface area (Å²) in [6, 6.07) is 8.10. The van der Waals surface area contributed by atoms with Crippen molar-refractivity contribution in [3.63, 3.8) is 0 Å². The maximum Gasteiger partial charge on any atom is 0.287 e. The number of hydrogen-bond acceptors (Lipinski definition) is 5. The smallest absolute Gasteiger partial charge is 0.287 e. The van der Waals surface area contributed by atoms with Crippen molar-refractivity contribution in [3.8, 4) is 0 Å². The van der Waals surface area contributed by atoms with E-state index in [1.165, 1.54) is 12.3 Å². The number of nitrogens with one attached hydrogen (secondary N) is 3. The second-order valence-corrected chi connectivity index (χ2v) is 7.30. The predicted molar refractivity (Wildman–Crippen MR) is 111 cm³/mol. The minimum absolute atomic E-state index is 0.134. The Bertz CT molecular complexity index is 801. The van der Waals surface area contributed by atoms with Crippen molar-refractivity contribution in [1.82, 2.24) is 10.6 Å². The summed E-state index contributed by atoms with van der Waals surface area (Å²) in [5.41, 5.74) is 2.64. The van der Waals surface area contributed by atoms with Crippen molar-refractivity contribution in [2.75, 3.05) is 23.9 Å². The maximum atomic E-state index is 12.5. The molecule has 2 aromatic rings. The van der Waals surface area contributed by atoms with Gasteiger partial charge in [0, 0.05) is 5.69 Å². The van der Waals surface area contributed by atoms with Crippen molar-refractivity contribution in [2.45, 2.75) is 26.3 Å². The van der Waals surface area contributed by atoms with Crippen LogP contribution in [0.5, 0.6) is 0 Å². The molecule has 0 spiro atoms. The molecule has 2 rings (SSSR count). The molecule has 7 nitrogen and oxygen atoms in total. The number of benzene rings is 1. The molecule has 0 fully saturated rings. The highest BCUT2D eigenvalue weighted by Gasteiger charge is 2.22.